The van der Waals surface area contributed by atoms with Crippen LogP contribution in [0.2, 0.25) is 0 Å². The second-order valence-corrected chi connectivity index (χ2v) is 34.6. The van der Waals surface area contributed by atoms with Gasteiger partial charge in [-0.25, -0.2) is 0 Å². The van der Waals surface area contributed by atoms with E-state index < -0.39 is 30.3 Å². The highest BCUT2D eigenvalue weighted by Crippen LogP contribution is 2.52. The van der Waals surface area contributed by atoms with E-state index in [0.717, 1.165) is 34.1 Å². The first-order valence-electron chi connectivity index (χ1n) is 30.3. The molecule has 0 fully saturated rings. The van der Waals surface area contributed by atoms with Crippen LogP contribution in [0, 0.1) is 0 Å². The van der Waals surface area contributed by atoms with E-state index in [2.05, 4.69) is 253 Å². The fourth-order valence-corrected chi connectivity index (χ4v) is 13.6. The molecule has 0 aromatic heterocycles. The standard InChI is InChI=1S/2C30H46O2.2C7H7O.2Al/c2*1-18(21-14-19(27(2,3)4)16-23(25(21)31)29(8,9)10)22-15-20(28(5,6)7)17-24(26(22)32)30(11,12)13;2*8-6-7-4-2-1-3-5-7;;/h2*14-18,31-32H,1-13H3;2*1-5H,6H2;;/q;;2*-1;2*+3/p-4. The summed E-state index contributed by atoms with van der Waals surface area (Å²) in [5.74, 6) is 3.91. The molecule has 0 spiro atoms. The van der Waals surface area contributed by atoms with Crippen LogP contribution in [0.4, 0.5) is 0 Å². The van der Waals surface area contributed by atoms with Crippen molar-refractivity contribution in [2.24, 2.45) is 0 Å². The first kappa shape index (κ1) is 65.1. The number of rotatable bonds is 6. The van der Waals surface area contributed by atoms with Gasteiger partial charge < -0.3 is 22.7 Å². The zero-order valence-electron chi connectivity index (χ0n) is 55.6. The van der Waals surface area contributed by atoms with Gasteiger partial charge in [-0.1, -0.05) is 289 Å². The van der Waals surface area contributed by atoms with Crippen molar-refractivity contribution in [2.75, 3.05) is 0 Å². The summed E-state index contributed by atoms with van der Waals surface area (Å²) in [6, 6.07) is 39.5. The van der Waals surface area contributed by atoms with Gasteiger partial charge in [-0.2, -0.15) is 0 Å². The van der Waals surface area contributed by atoms with E-state index in [1.54, 1.807) is 0 Å². The average molecular weight is 1140 g/mol. The summed E-state index contributed by atoms with van der Waals surface area (Å²) in [6.45, 7) is 60.3. The van der Waals surface area contributed by atoms with Crippen molar-refractivity contribution < 1.29 is 22.7 Å². The van der Waals surface area contributed by atoms with Gasteiger partial charge in [0.2, 0.25) is 0 Å². The molecule has 0 N–H and O–H groups in total. The maximum atomic E-state index is 6.97. The lowest BCUT2D eigenvalue weighted by Gasteiger charge is -2.37. The van der Waals surface area contributed by atoms with Gasteiger partial charge in [0, 0.05) is 25.0 Å². The van der Waals surface area contributed by atoms with Crippen molar-refractivity contribution in [3.63, 3.8) is 0 Å². The zero-order valence-corrected chi connectivity index (χ0v) is 57.9. The van der Waals surface area contributed by atoms with E-state index in [-0.39, 0.29) is 55.2 Å². The Hall–Kier alpha value is -4.50. The molecule has 0 aliphatic carbocycles. The Labute approximate surface area is 508 Å². The maximum absolute atomic E-state index is 6.97. The summed E-state index contributed by atoms with van der Waals surface area (Å²) in [5, 5.41) is 0. The Morgan fingerprint density at radius 3 is 0.695 bits per heavy atom. The molecular formula is C74H102Al2O6. The Balaban J connectivity index is 0.000000236. The van der Waals surface area contributed by atoms with E-state index in [1.807, 2.05) is 36.4 Å². The van der Waals surface area contributed by atoms with E-state index in [4.69, 9.17) is 22.7 Å². The predicted octanol–water partition coefficient (Wildman–Crippen LogP) is 20.0. The topological polar surface area (TPSA) is 55.4 Å². The summed E-state index contributed by atoms with van der Waals surface area (Å²) in [4.78, 5) is 0. The molecule has 2 heterocycles. The summed E-state index contributed by atoms with van der Waals surface area (Å²) < 4.78 is 41.0. The van der Waals surface area contributed by atoms with Crippen LogP contribution in [-0.4, -0.2) is 30.3 Å². The average Bonchev–Trinajstić information content (AvgIpc) is 3.51. The lowest BCUT2D eigenvalue weighted by atomic mass is 9.74. The summed E-state index contributed by atoms with van der Waals surface area (Å²) in [7, 11) is 0. The normalized spacial score (nSPS) is 14.9. The van der Waals surface area contributed by atoms with Crippen LogP contribution < -0.4 is 15.2 Å². The molecule has 82 heavy (non-hydrogen) atoms. The second kappa shape index (κ2) is 23.8. The molecule has 0 unspecified atom stereocenters. The quantitative estimate of drug-likeness (QED) is 0.155. The van der Waals surface area contributed by atoms with Crippen LogP contribution in [0.25, 0.3) is 0 Å². The lowest BCUT2D eigenvalue weighted by molar-refractivity contribution is 0.185. The van der Waals surface area contributed by atoms with Crippen LogP contribution in [0.5, 0.6) is 23.0 Å². The first-order valence-corrected chi connectivity index (χ1v) is 33.1. The molecule has 2 aliphatic rings. The van der Waals surface area contributed by atoms with Crippen molar-refractivity contribution >= 4 is 30.3 Å². The molecule has 0 atom stereocenters. The van der Waals surface area contributed by atoms with Gasteiger partial charge >= 0.3 is 30.3 Å². The molecule has 6 aromatic carbocycles. The molecule has 2 aliphatic heterocycles. The van der Waals surface area contributed by atoms with Gasteiger partial charge in [0.15, 0.2) is 0 Å². The third kappa shape index (κ3) is 15.3. The van der Waals surface area contributed by atoms with Crippen molar-refractivity contribution in [3.05, 3.63) is 187 Å². The highest BCUT2D eigenvalue weighted by Gasteiger charge is 2.48. The van der Waals surface area contributed by atoms with E-state index in [0.29, 0.717) is 13.2 Å². The van der Waals surface area contributed by atoms with Crippen molar-refractivity contribution in [2.45, 2.75) is 248 Å². The first-order chi connectivity index (χ1) is 37.5. The van der Waals surface area contributed by atoms with Crippen LogP contribution in [0.1, 0.15) is 270 Å². The van der Waals surface area contributed by atoms with E-state index >= 15 is 0 Å². The molecule has 0 saturated carbocycles. The van der Waals surface area contributed by atoms with Gasteiger partial charge in [0.25, 0.3) is 0 Å². The molecule has 6 aromatic rings. The van der Waals surface area contributed by atoms with Crippen LogP contribution in [-0.2, 0) is 64.1 Å². The number of hydrogen-bond acceptors (Lipinski definition) is 6. The molecule has 8 heteroatoms. The molecule has 0 bridgehead atoms. The van der Waals surface area contributed by atoms with Crippen LogP contribution in [0.15, 0.2) is 109 Å². The Bertz CT molecular complexity index is 2800. The lowest BCUT2D eigenvalue weighted by Crippen LogP contribution is -2.38. The molecular weight excluding hydrogens is 1040 g/mol. The molecule has 0 amide bonds. The predicted molar refractivity (Wildman–Crippen MR) is 347 cm³/mol. The van der Waals surface area contributed by atoms with E-state index in [9.17, 15) is 0 Å². The Kier molecular flexibility index (Phi) is 18.8. The summed E-state index contributed by atoms with van der Waals surface area (Å²) >= 11 is -5.37. The number of hydrogen-bond donors (Lipinski definition) is 0. The second-order valence-electron chi connectivity index (χ2n) is 31.9. The number of benzene rings is 6. The fraction of sp³-hybridized carbons (Fsp3) is 0.514. The zero-order chi connectivity index (χ0) is 61.1. The highest BCUT2D eigenvalue weighted by molar-refractivity contribution is 6.39. The monoisotopic (exact) mass is 1140 g/mol. The minimum absolute atomic E-state index is 0.000907. The molecule has 0 saturated heterocycles. The summed E-state index contributed by atoms with van der Waals surface area (Å²) in [5.41, 5.74) is 16.8. The van der Waals surface area contributed by atoms with Gasteiger partial charge in [0.05, 0.1) is 23.0 Å². The summed E-state index contributed by atoms with van der Waals surface area (Å²) in [6.07, 6.45) is 0. The molecule has 8 rings (SSSR count). The van der Waals surface area contributed by atoms with E-state index in [1.165, 1.54) is 66.8 Å². The molecule has 440 valence electrons. The van der Waals surface area contributed by atoms with Gasteiger partial charge in [0.1, 0.15) is 0 Å². The third-order valence-electron chi connectivity index (χ3n) is 16.3. The van der Waals surface area contributed by atoms with Gasteiger partial charge in [-0.3, -0.25) is 0 Å². The van der Waals surface area contributed by atoms with Crippen molar-refractivity contribution in [3.8, 4) is 23.0 Å². The van der Waals surface area contributed by atoms with Crippen LogP contribution in [0.3, 0.4) is 0 Å². The minimum atomic E-state index is -2.69. The molecule has 6 nitrogen and oxygen atoms in total. The highest BCUT2D eigenvalue weighted by atomic mass is 27.3. The smallest absolute Gasteiger partial charge is 0.588 e. The largest absolute Gasteiger partial charge is 1.10 e. The Morgan fingerprint density at radius 2 is 0.512 bits per heavy atom. The van der Waals surface area contributed by atoms with Gasteiger partial charge in [-0.15, -0.1) is 0 Å². The Morgan fingerprint density at radius 1 is 0.305 bits per heavy atom. The SMILES string of the molecule is CC1c2cc(C(C)(C)C)cc(C(C)(C)C)c2[O][Al]([O]Cc2ccccc2)[O]c2c1cc(C(C)(C)C)cc2C(C)(C)C.CC1c2cc(C(C)(C)C)cc(C(C)(C)C)c2[O][Al]([O]Cc2ccccc2)[O]c2c1cc(C(C)(C)C)cc2C(C)(C)C. The van der Waals surface area contributed by atoms with Crippen LogP contribution >= 0.6 is 0 Å². The van der Waals surface area contributed by atoms with Crippen molar-refractivity contribution in [1.82, 2.24) is 0 Å². The van der Waals surface area contributed by atoms with Gasteiger partial charge in [-0.05, 0) is 121 Å². The minimum Gasteiger partial charge on any atom is -0.588 e. The third-order valence-corrected chi connectivity index (χ3v) is 18.9. The molecule has 0 radical (unpaired) electrons. The maximum Gasteiger partial charge on any atom is 1.10 e. The fourth-order valence-electron chi connectivity index (χ4n) is 10.8. The number of fused-ring (bicyclic) bond motifs is 4. The van der Waals surface area contributed by atoms with Crippen molar-refractivity contribution in [1.29, 1.82) is 0 Å².